The molecule has 1 saturated heterocycles. The van der Waals surface area contributed by atoms with Crippen LogP contribution in [0.1, 0.15) is 39.6 Å². The predicted molar refractivity (Wildman–Crippen MR) is 87.6 cm³/mol. The Labute approximate surface area is 133 Å². The second-order valence-electron chi connectivity index (χ2n) is 6.47. The number of nitrogens with one attached hydrogen (secondary N) is 1. The van der Waals surface area contributed by atoms with E-state index in [1.807, 2.05) is 28.9 Å². The third-order valence-corrected chi connectivity index (χ3v) is 4.69. The molecule has 1 N–H and O–H groups in total. The fourth-order valence-corrected chi connectivity index (χ4v) is 2.78. The van der Waals surface area contributed by atoms with Crippen LogP contribution < -0.4 is 5.32 Å². The summed E-state index contributed by atoms with van der Waals surface area (Å²) in [7, 11) is 2.01. The van der Waals surface area contributed by atoms with Crippen molar-refractivity contribution in [2.45, 2.75) is 39.8 Å². The topological polar surface area (TPSA) is 53.4 Å². The largest absolute Gasteiger partial charge is 0.337 e. The van der Waals surface area contributed by atoms with Crippen molar-refractivity contribution in [3.8, 4) is 0 Å². The van der Waals surface area contributed by atoms with Crippen LogP contribution in [0.4, 0.5) is 4.79 Å². The third kappa shape index (κ3) is 3.61. The summed E-state index contributed by atoms with van der Waals surface area (Å²) in [4.78, 5) is 21.3. The summed E-state index contributed by atoms with van der Waals surface area (Å²) >= 11 is 0. The first-order valence-corrected chi connectivity index (χ1v) is 8.20. The number of nitrogens with zero attached hydrogens (tertiary/aromatic N) is 4. The highest BCUT2D eigenvalue weighted by atomic mass is 16.2. The number of likely N-dealkylation sites (N-methyl/N-ethyl adjacent to an activating group) is 1. The number of urea groups is 1. The summed E-state index contributed by atoms with van der Waals surface area (Å²) in [6.45, 7) is 11.8. The van der Waals surface area contributed by atoms with Gasteiger partial charge in [-0.3, -0.25) is 4.90 Å². The number of amides is 2. The van der Waals surface area contributed by atoms with Gasteiger partial charge in [0.1, 0.15) is 5.82 Å². The van der Waals surface area contributed by atoms with Gasteiger partial charge >= 0.3 is 6.03 Å². The summed E-state index contributed by atoms with van der Waals surface area (Å²) in [6.07, 6.45) is 3.78. The molecule has 2 atom stereocenters. The minimum Gasteiger partial charge on any atom is -0.337 e. The van der Waals surface area contributed by atoms with Crippen LogP contribution in [-0.4, -0.2) is 57.6 Å². The fraction of sp³-hybridized carbons (Fsp3) is 0.750. The number of hydrogen-bond donors (Lipinski definition) is 1. The molecule has 1 aliphatic heterocycles. The van der Waals surface area contributed by atoms with Crippen molar-refractivity contribution in [2.24, 2.45) is 13.0 Å². The normalized spacial score (nSPS) is 21.2. The molecule has 0 aromatic carbocycles. The summed E-state index contributed by atoms with van der Waals surface area (Å²) < 4.78 is 2.05. The molecule has 2 amide bonds. The molecule has 6 nitrogen and oxygen atoms in total. The molecular formula is C16H29N5O. The van der Waals surface area contributed by atoms with Crippen LogP contribution in [0.3, 0.4) is 0 Å². The first kappa shape index (κ1) is 16.8. The van der Waals surface area contributed by atoms with Gasteiger partial charge in [-0.15, -0.1) is 0 Å². The van der Waals surface area contributed by atoms with Gasteiger partial charge < -0.3 is 14.8 Å². The number of piperazine rings is 1. The smallest absolute Gasteiger partial charge is 0.317 e. The number of carbonyl (C=O) groups excluding carboxylic acids is 1. The lowest BCUT2D eigenvalue weighted by atomic mass is 10.1. The van der Waals surface area contributed by atoms with E-state index < -0.39 is 0 Å². The number of aryl methyl sites for hydroxylation is 1. The van der Waals surface area contributed by atoms with Gasteiger partial charge in [0.15, 0.2) is 0 Å². The summed E-state index contributed by atoms with van der Waals surface area (Å²) in [5, 5.41) is 3.10. The Bertz CT molecular complexity index is 498. The lowest BCUT2D eigenvalue weighted by Gasteiger charge is -2.40. The molecule has 1 aliphatic rings. The van der Waals surface area contributed by atoms with Crippen molar-refractivity contribution in [3.63, 3.8) is 0 Å². The van der Waals surface area contributed by atoms with Crippen molar-refractivity contribution >= 4 is 6.03 Å². The molecule has 22 heavy (non-hydrogen) atoms. The van der Waals surface area contributed by atoms with Gasteiger partial charge in [-0.05, 0) is 19.4 Å². The molecule has 2 heterocycles. The summed E-state index contributed by atoms with van der Waals surface area (Å²) in [5.41, 5.74) is 0. The molecule has 1 aromatic rings. The Hall–Kier alpha value is -1.56. The van der Waals surface area contributed by atoms with Crippen LogP contribution >= 0.6 is 0 Å². The average Bonchev–Trinajstić information content (AvgIpc) is 2.92. The molecule has 0 spiro atoms. The molecule has 1 fully saturated rings. The maximum absolute atomic E-state index is 12.5. The molecule has 0 bridgehead atoms. The third-order valence-electron chi connectivity index (χ3n) is 4.69. The number of rotatable bonds is 4. The molecule has 0 unspecified atom stereocenters. The average molecular weight is 307 g/mol. The van der Waals surface area contributed by atoms with Gasteiger partial charge in [-0.25, -0.2) is 9.78 Å². The summed E-state index contributed by atoms with van der Waals surface area (Å²) in [5.74, 6) is 1.46. The van der Waals surface area contributed by atoms with Gasteiger partial charge in [0.05, 0.1) is 6.04 Å². The quantitative estimate of drug-likeness (QED) is 0.923. The lowest BCUT2D eigenvalue weighted by molar-refractivity contribution is 0.0863. The van der Waals surface area contributed by atoms with E-state index in [4.69, 9.17) is 0 Å². The molecule has 0 aliphatic carbocycles. The van der Waals surface area contributed by atoms with Gasteiger partial charge in [-0.1, -0.05) is 20.8 Å². The molecule has 0 radical (unpaired) electrons. The van der Waals surface area contributed by atoms with Gasteiger partial charge in [0.2, 0.25) is 0 Å². The maximum Gasteiger partial charge on any atom is 0.317 e. The zero-order chi connectivity index (χ0) is 16.3. The number of hydrogen-bond acceptors (Lipinski definition) is 3. The van der Waals surface area contributed by atoms with E-state index in [2.05, 4.69) is 42.9 Å². The Morgan fingerprint density at radius 1 is 1.41 bits per heavy atom. The van der Waals surface area contributed by atoms with Crippen LogP contribution in [0.2, 0.25) is 0 Å². The molecule has 0 saturated carbocycles. The van der Waals surface area contributed by atoms with E-state index in [1.54, 1.807) is 0 Å². The number of carbonyl (C=O) groups is 1. The SMILES string of the molecule is CCN1CCN(C(=O)N[C@@H](C)C(C)C)C[C@H]1c1nccn1C. The van der Waals surface area contributed by atoms with E-state index in [-0.39, 0.29) is 18.1 Å². The molecule has 124 valence electrons. The van der Waals surface area contributed by atoms with Crippen LogP contribution in [0.5, 0.6) is 0 Å². The van der Waals surface area contributed by atoms with Crippen molar-refractivity contribution in [1.82, 2.24) is 24.7 Å². The van der Waals surface area contributed by atoms with Gasteiger partial charge in [0, 0.05) is 45.1 Å². The first-order valence-electron chi connectivity index (χ1n) is 8.20. The van der Waals surface area contributed by atoms with Crippen molar-refractivity contribution in [1.29, 1.82) is 0 Å². The first-order chi connectivity index (χ1) is 10.4. The zero-order valence-electron chi connectivity index (χ0n) is 14.4. The monoisotopic (exact) mass is 307 g/mol. The second-order valence-corrected chi connectivity index (χ2v) is 6.47. The Kier molecular flexibility index (Phi) is 5.45. The second kappa shape index (κ2) is 7.13. The maximum atomic E-state index is 12.5. The number of imidazole rings is 1. The van der Waals surface area contributed by atoms with E-state index in [9.17, 15) is 4.79 Å². The lowest BCUT2D eigenvalue weighted by Crippen LogP contribution is -2.55. The van der Waals surface area contributed by atoms with Crippen molar-refractivity contribution < 1.29 is 4.79 Å². The highest BCUT2D eigenvalue weighted by molar-refractivity contribution is 5.74. The van der Waals surface area contributed by atoms with Crippen LogP contribution in [0.25, 0.3) is 0 Å². The van der Waals surface area contributed by atoms with Crippen molar-refractivity contribution in [3.05, 3.63) is 18.2 Å². The summed E-state index contributed by atoms with van der Waals surface area (Å²) in [6, 6.07) is 0.387. The van der Waals surface area contributed by atoms with Gasteiger partial charge in [0.25, 0.3) is 0 Å². The molecular weight excluding hydrogens is 278 g/mol. The fourth-order valence-electron chi connectivity index (χ4n) is 2.78. The van der Waals surface area contributed by atoms with Crippen LogP contribution in [0, 0.1) is 5.92 Å². The van der Waals surface area contributed by atoms with E-state index in [0.29, 0.717) is 12.5 Å². The molecule has 2 rings (SSSR count). The molecule has 6 heteroatoms. The Balaban J connectivity index is 2.07. The zero-order valence-corrected chi connectivity index (χ0v) is 14.4. The highest BCUT2D eigenvalue weighted by Crippen LogP contribution is 2.23. The van der Waals surface area contributed by atoms with Gasteiger partial charge in [-0.2, -0.15) is 0 Å². The predicted octanol–water partition coefficient (Wildman–Crippen LogP) is 1.85. The highest BCUT2D eigenvalue weighted by Gasteiger charge is 2.32. The van der Waals surface area contributed by atoms with E-state index in [0.717, 1.165) is 25.5 Å². The minimum atomic E-state index is 0.0381. The van der Waals surface area contributed by atoms with Crippen molar-refractivity contribution in [2.75, 3.05) is 26.2 Å². The molecule has 1 aromatic heterocycles. The van der Waals surface area contributed by atoms with Crippen LogP contribution in [0.15, 0.2) is 12.4 Å². The minimum absolute atomic E-state index is 0.0381. The van der Waals surface area contributed by atoms with E-state index in [1.165, 1.54) is 0 Å². The van der Waals surface area contributed by atoms with E-state index >= 15 is 0 Å². The standard InChI is InChI=1S/C16H29N5O/c1-6-20-9-10-21(16(22)18-13(4)12(2)3)11-14(20)15-17-7-8-19(15)5/h7-8,12-14H,6,9-11H2,1-5H3,(H,18,22)/t13-,14-/m0/s1. The number of aromatic nitrogens is 2. The Morgan fingerprint density at radius 2 is 2.14 bits per heavy atom. The Morgan fingerprint density at radius 3 is 2.68 bits per heavy atom. The van der Waals surface area contributed by atoms with Crippen LogP contribution in [-0.2, 0) is 7.05 Å².